The van der Waals surface area contributed by atoms with E-state index >= 15 is 0 Å². The first-order valence-corrected chi connectivity index (χ1v) is 7.87. The molecule has 1 unspecified atom stereocenters. The number of hydrogen-bond donors (Lipinski definition) is 1. The smallest absolute Gasteiger partial charge is 0.142 e. The molecule has 0 bridgehead atoms. The predicted octanol–water partition coefficient (Wildman–Crippen LogP) is 0.924. The Morgan fingerprint density at radius 1 is 1.33 bits per heavy atom. The largest absolute Gasteiger partial charge is 0.485 e. The molecule has 2 aliphatic heterocycles. The molecule has 4 nitrogen and oxygen atoms in total. The van der Waals surface area contributed by atoms with Crippen LogP contribution in [0.1, 0.15) is 0 Å². The molecule has 5 heteroatoms. The molecule has 1 aromatic carbocycles. The zero-order valence-corrected chi connectivity index (χ0v) is 11.1. The van der Waals surface area contributed by atoms with Crippen LogP contribution in [-0.4, -0.2) is 52.9 Å². The van der Waals surface area contributed by atoms with Gasteiger partial charge in [-0.3, -0.25) is 9.11 Å². The molecule has 18 heavy (non-hydrogen) atoms. The van der Waals surface area contributed by atoms with E-state index in [4.69, 9.17) is 4.74 Å². The number of anilines is 1. The third-order valence-corrected chi connectivity index (χ3v) is 4.71. The van der Waals surface area contributed by atoms with Crippen LogP contribution < -0.4 is 10.1 Å². The average molecular weight is 266 g/mol. The molecule has 2 aliphatic rings. The van der Waals surface area contributed by atoms with Gasteiger partial charge in [0.2, 0.25) is 0 Å². The minimum atomic E-state index is -0.602. The van der Waals surface area contributed by atoms with Crippen LogP contribution >= 0.6 is 0 Å². The third kappa shape index (κ3) is 2.67. The van der Waals surface area contributed by atoms with Crippen molar-refractivity contribution in [1.29, 1.82) is 0 Å². The standard InChI is InChI=1S/C13H18N2O2S/c16-18-7-5-15(6-8-18)10-11-9-14-12-3-1-2-4-13(12)17-11/h1-4,11,14H,5-10H2. The lowest BCUT2D eigenvalue weighted by Crippen LogP contribution is -2.46. The van der Waals surface area contributed by atoms with Gasteiger partial charge in [0.25, 0.3) is 0 Å². The predicted molar refractivity (Wildman–Crippen MR) is 73.7 cm³/mol. The van der Waals surface area contributed by atoms with Gasteiger partial charge in [0.05, 0.1) is 12.2 Å². The normalized spacial score (nSPS) is 25.0. The van der Waals surface area contributed by atoms with Crippen LogP contribution in [0.2, 0.25) is 0 Å². The second kappa shape index (κ2) is 5.28. The molecule has 0 spiro atoms. The highest BCUT2D eigenvalue weighted by Gasteiger charge is 2.23. The van der Waals surface area contributed by atoms with Crippen molar-refractivity contribution in [3.63, 3.8) is 0 Å². The fourth-order valence-electron chi connectivity index (χ4n) is 2.41. The van der Waals surface area contributed by atoms with E-state index in [0.29, 0.717) is 0 Å². The maximum absolute atomic E-state index is 11.3. The lowest BCUT2D eigenvalue weighted by molar-refractivity contribution is 0.142. The summed E-state index contributed by atoms with van der Waals surface area (Å²) in [6.07, 6.45) is 0.187. The van der Waals surface area contributed by atoms with E-state index in [9.17, 15) is 4.21 Å². The molecule has 0 aromatic heterocycles. The van der Waals surface area contributed by atoms with Crippen LogP contribution in [0.3, 0.4) is 0 Å². The molecule has 2 heterocycles. The lowest BCUT2D eigenvalue weighted by atomic mass is 10.2. The van der Waals surface area contributed by atoms with Gasteiger partial charge in [-0.25, -0.2) is 0 Å². The first-order chi connectivity index (χ1) is 8.81. The zero-order valence-electron chi connectivity index (χ0n) is 10.3. The number of fused-ring (bicyclic) bond motifs is 1. The Labute approximate surface area is 110 Å². The van der Waals surface area contributed by atoms with Gasteiger partial charge in [-0.2, -0.15) is 0 Å². The summed E-state index contributed by atoms with van der Waals surface area (Å²) in [6.45, 7) is 3.61. The van der Waals surface area contributed by atoms with Gasteiger partial charge in [0.15, 0.2) is 0 Å². The highest BCUT2D eigenvalue weighted by molar-refractivity contribution is 7.85. The number of nitrogens with one attached hydrogen (secondary N) is 1. The third-order valence-electron chi connectivity index (χ3n) is 3.43. The van der Waals surface area contributed by atoms with E-state index in [0.717, 1.165) is 49.1 Å². The summed E-state index contributed by atoms with van der Waals surface area (Å²) in [7, 11) is -0.602. The van der Waals surface area contributed by atoms with Crippen molar-refractivity contribution < 1.29 is 8.95 Å². The molecular formula is C13H18N2O2S. The van der Waals surface area contributed by atoms with Crippen molar-refractivity contribution in [2.75, 3.05) is 43.0 Å². The Bertz CT molecular complexity index is 442. The number of rotatable bonds is 2. The van der Waals surface area contributed by atoms with Gasteiger partial charge in [-0.1, -0.05) is 12.1 Å². The van der Waals surface area contributed by atoms with Crippen molar-refractivity contribution >= 4 is 16.5 Å². The molecule has 1 N–H and O–H groups in total. The van der Waals surface area contributed by atoms with Crippen molar-refractivity contribution in [3.05, 3.63) is 24.3 Å². The summed E-state index contributed by atoms with van der Waals surface area (Å²) in [5, 5.41) is 3.40. The molecular weight excluding hydrogens is 248 g/mol. The van der Waals surface area contributed by atoms with Crippen LogP contribution in [0.5, 0.6) is 5.75 Å². The van der Waals surface area contributed by atoms with Gasteiger partial charge in [-0.05, 0) is 12.1 Å². The maximum Gasteiger partial charge on any atom is 0.142 e. The quantitative estimate of drug-likeness (QED) is 0.864. The summed E-state index contributed by atoms with van der Waals surface area (Å²) in [5.41, 5.74) is 1.08. The van der Waals surface area contributed by atoms with Crippen molar-refractivity contribution in [1.82, 2.24) is 4.90 Å². The van der Waals surface area contributed by atoms with Gasteiger partial charge in [-0.15, -0.1) is 0 Å². The van der Waals surface area contributed by atoms with Crippen LogP contribution in [0.25, 0.3) is 0 Å². The van der Waals surface area contributed by atoms with Gasteiger partial charge < -0.3 is 10.1 Å². The Balaban J connectivity index is 1.58. The lowest BCUT2D eigenvalue weighted by Gasteiger charge is -2.33. The van der Waals surface area contributed by atoms with Crippen LogP contribution in [-0.2, 0) is 10.8 Å². The number of hydrogen-bond acceptors (Lipinski definition) is 4. The van der Waals surface area contributed by atoms with E-state index < -0.39 is 10.8 Å². The van der Waals surface area contributed by atoms with E-state index in [-0.39, 0.29) is 6.10 Å². The molecule has 1 atom stereocenters. The van der Waals surface area contributed by atoms with Gasteiger partial charge >= 0.3 is 0 Å². The van der Waals surface area contributed by atoms with E-state index in [1.807, 2.05) is 24.3 Å². The second-order valence-corrected chi connectivity index (χ2v) is 6.46. The number of para-hydroxylation sites is 2. The van der Waals surface area contributed by atoms with Gasteiger partial charge in [0.1, 0.15) is 11.9 Å². The molecule has 1 fully saturated rings. The first-order valence-electron chi connectivity index (χ1n) is 6.38. The van der Waals surface area contributed by atoms with Crippen molar-refractivity contribution in [2.45, 2.75) is 6.10 Å². The summed E-state index contributed by atoms with van der Waals surface area (Å²) in [6, 6.07) is 8.04. The average Bonchev–Trinajstić information content (AvgIpc) is 2.41. The Kier molecular flexibility index (Phi) is 3.52. The van der Waals surface area contributed by atoms with Crippen molar-refractivity contribution in [2.24, 2.45) is 0 Å². The van der Waals surface area contributed by atoms with E-state index in [1.165, 1.54) is 0 Å². The minimum Gasteiger partial charge on any atom is -0.485 e. The molecule has 98 valence electrons. The topological polar surface area (TPSA) is 41.6 Å². The Morgan fingerprint density at radius 2 is 2.11 bits per heavy atom. The summed E-state index contributed by atoms with van der Waals surface area (Å²) >= 11 is 0. The summed E-state index contributed by atoms with van der Waals surface area (Å²) in [5.74, 6) is 2.54. The summed E-state index contributed by atoms with van der Waals surface area (Å²) in [4.78, 5) is 2.35. The zero-order chi connectivity index (χ0) is 12.4. The number of benzene rings is 1. The van der Waals surface area contributed by atoms with Crippen LogP contribution in [0.15, 0.2) is 24.3 Å². The van der Waals surface area contributed by atoms with Crippen LogP contribution in [0, 0.1) is 0 Å². The van der Waals surface area contributed by atoms with Crippen molar-refractivity contribution in [3.8, 4) is 5.75 Å². The molecule has 0 amide bonds. The highest BCUT2D eigenvalue weighted by Crippen LogP contribution is 2.28. The number of ether oxygens (including phenoxy) is 1. The molecule has 3 rings (SSSR count). The van der Waals surface area contributed by atoms with E-state index in [1.54, 1.807) is 0 Å². The Morgan fingerprint density at radius 3 is 2.94 bits per heavy atom. The van der Waals surface area contributed by atoms with Gasteiger partial charge in [0, 0.05) is 41.9 Å². The second-order valence-electron chi connectivity index (χ2n) is 4.77. The minimum absolute atomic E-state index is 0.187. The van der Waals surface area contributed by atoms with Crippen LogP contribution in [0.4, 0.5) is 5.69 Å². The SMILES string of the molecule is O=S1CCN(CC2CNc3ccccc3O2)CC1. The molecule has 0 aliphatic carbocycles. The highest BCUT2D eigenvalue weighted by atomic mass is 32.2. The first kappa shape index (κ1) is 12.0. The van der Waals surface area contributed by atoms with E-state index in [2.05, 4.69) is 10.2 Å². The molecule has 0 saturated carbocycles. The monoisotopic (exact) mass is 266 g/mol. The fourth-order valence-corrected chi connectivity index (χ4v) is 3.54. The Hall–Kier alpha value is -1.07. The number of nitrogens with zero attached hydrogens (tertiary/aromatic N) is 1. The molecule has 1 saturated heterocycles. The summed E-state index contributed by atoms with van der Waals surface area (Å²) < 4.78 is 17.3. The maximum atomic E-state index is 11.3. The fraction of sp³-hybridized carbons (Fsp3) is 0.538. The molecule has 0 radical (unpaired) electrons. The molecule has 1 aromatic rings.